The molecule has 176 valence electrons. The van der Waals surface area contributed by atoms with Crippen LogP contribution in [0.15, 0.2) is 71.6 Å². The molecule has 0 bridgehead atoms. The summed E-state index contributed by atoms with van der Waals surface area (Å²) in [4.78, 5) is 34.8. The van der Waals surface area contributed by atoms with Crippen LogP contribution in [0.5, 0.6) is 0 Å². The van der Waals surface area contributed by atoms with E-state index in [0.717, 1.165) is 5.56 Å². The molecule has 0 saturated carbocycles. The molecule has 11 heteroatoms. The average molecular weight is 484 g/mol. The Morgan fingerprint density at radius 1 is 0.941 bits per heavy atom. The molecule has 2 N–H and O–H groups in total. The van der Waals surface area contributed by atoms with Gasteiger partial charge in [0, 0.05) is 11.8 Å². The Bertz CT molecular complexity index is 1340. The number of nitro groups is 1. The lowest BCUT2D eigenvalue weighted by molar-refractivity contribution is -0.384. The Morgan fingerprint density at radius 2 is 1.56 bits per heavy atom. The molecule has 0 saturated heterocycles. The zero-order valence-corrected chi connectivity index (χ0v) is 19.1. The Morgan fingerprint density at radius 3 is 2.18 bits per heavy atom. The van der Waals surface area contributed by atoms with Gasteiger partial charge in [-0.1, -0.05) is 23.8 Å². The van der Waals surface area contributed by atoms with Crippen molar-refractivity contribution in [2.24, 2.45) is 0 Å². The van der Waals surface area contributed by atoms with Crippen molar-refractivity contribution < 1.29 is 27.7 Å². The zero-order chi connectivity index (χ0) is 24.9. The first-order valence-corrected chi connectivity index (χ1v) is 11.4. The van der Waals surface area contributed by atoms with Crippen LogP contribution in [-0.2, 0) is 19.6 Å². The first-order valence-electron chi connectivity index (χ1n) is 9.97. The molecule has 10 nitrogen and oxygen atoms in total. The van der Waals surface area contributed by atoms with Crippen molar-refractivity contribution in [1.82, 2.24) is 0 Å². The Labute approximate surface area is 195 Å². The Hall–Kier alpha value is -4.25. The summed E-state index contributed by atoms with van der Waals surface area (Å²) < 4.78 is 32.4. The predicted octanol–water partition coefficient (Wildman–Crippen LogP) is 3.81. The Balaban J connectivity index is 1.60. The van der Waals surface area contributed by atoms with Crippen LogP contribution in [0.1, 0.15) is 21.5 Å². The zero-order valence-electron chi connectivity index (χ0n) is 18.3. The van der Waals surface area contributed by atoms with E-state index in [1.807, 2.05) is 6.92 Å². The third-order valence-electron chi connectivity index (χ3n) is 4.66. The molecule has 0 heterocycles. The number of hydrogen-bond acceptors (Lipinski definition) is 7. The SMILES string of the molecule is Cc1ccc(NS(=O)(=O)c2ccc(C(=O)OCC(=O)Nc3ccc(C)cc3[N+](=O)[O-])cc2)cc1. The van der Waals surface area contributed by atoms with Crippen molar-refractivity contribution >= 4 is 39.0 Å². The minimum atomic E-state index is -3.86. The number of nitrogens with zero attached hydrogens (tertiary/aromatic N) is 1. The lowest BCUT2D eigenvalue weighted by Gasteiger charge is -2.10. The van der Waals surface area contributed by atoms with Gasteiger partial charge >= 0.3 is 5.97 Å². The summed E-state index contributed by atoms with van der Waals surface area (Å²) in [7, 11) is -3.86. The predicted molar refractivity (Wildman–Crippen MR) is 125 cm³/mol. The molecule has 1 amide bonds. The summed E-state index contributed by atoms with van der Waals surface area (Å²) in [6, 6.07) is 16.1. The van der Waals surface area contributed by atoms with E-state index in [4.69, 9.17) is 4.74 Å². The van der Waals surface area contributed by atoms with Crippen molar-refractivity contribution in [3.05, 3.63) is 93.5 Å². The minimum absolute atomic E-state index is 0.0210. The maximum Gasteiger partial charge on any atom is 0.338 e. The molecule has 0 aliphatic rings. The van der Waals surface area contributed by atoms with E-state index in [0.29, 0.717) is 11.3 Å². The second-order valence-corrected chi connectivity index (χ2v) is 9.08. The highest BCUT2D eigenvalue weighted by Crippen LogP contribution is 2.25. The fourth-order valence-electron chi connectivity index (χ4n) is 2.90. The molecular weight excluding hydrogens is 462 g/mol. The van der Waals surface area contributed by atoms with Gasteiger partial charge in [0.05, 0.1) is 15.4 Å². The first kappa shape index (κ1) is 24.4. The van der Waals surface area contributed by atoms with Crippen LogP contribution in [0, 0.1) is 24.0 Å². The van der Waals surface area contributed by atoms with Crippen LogP contribution in [0.2, 0.25) is 0 Å². The number of nitrogens with one attached hydrogen (secondary N) is 2. The van der Waals surface area contributed by atoms with Gasteiger partial charge in [0.2, 0.25) is 0 Å². The fraction of sp³-hybridized carbons (Fsp3) is 0.130. The summed E-state index contributed by atoms with van der Waals surface area (Å²) in [5.74, 6) is -1.62. The smallest absolute Gasteiger partial charge is 0.338 e. The number of aryl methyl sites for hydroxylation is 2. The number of anilines is 2. The molecule has 0 fully saturated rings. The second kappa shape index (κ2) is 10.1. The van der Waals surface area contributed by atoms with E-state index in [9.17, 15) is 28.1 Å². The molecular formula is C23H21N3O7S. The van der Waals surface area contributed by atoms with Gasteiger partial charge in [-0.2, -0.15) is 0 Å². The van der Waals surface area contributed by atoms with Gasteiger partial charge < -0.3 is 10.1 Å². The van der Waals surface area contributed by atoms with Gasteiger partial charge in [0.1, 0.15) is 5.69 Å². The summed E-state index contributed by atoms with van der Waals surface area (Å²) in [6.45, 7) is 2.88. The van der Waals surface area contributed by atoms with E-state index in [1.54, 1.807) is 37.3 Å². The third-order valence-corrected chi connectivity index (χ3v) is 6.06. The van der Waals surface area contributed by atoms with Crippen LogP contribution in [0.3, 0.4) is 0 Å². The molecule has 0 aromatic heterocycles. The number of carbonyl (C=O) groups excluding carboxylic acids is 2. The van der Waals surface area contributed by atoms with Crippen molar-refractivity contribution in [3.63, 3.8) is 0 Å². The van der Waals surface area contributed by atoms with Crippen LogP contribution in [0.25, 0.3) is 0 Å². The number of sulfonamides is 1. The van der Waals surface area contributed by atoms with Crippen molar-refractivity contribution in [3.8, 4) is 0 Å². The lowest BCUT2D eigenvalue weighted by atomic mass is 10.2. The molecule has 3 rings (SSSR count). The van der Waals surface area contributed by atoms with Gasteiger partial charge in [0.25, 0.3) is 21.6 Å². The molecule has 0 atom stereocenters. The number of esters is 1. The number of nitro benzene ring substituents is 1. The van der Waals surface area contributed by atoms with Gasteiger partial charge in [-0.3, -0.25) is 19.6 Å². The molecule has 0 aliphatic heterocycles. The van der Waals surface area contributed by atoms with Crippen LogP contribution < -0.4 is 10.0 Å². The monoisotopic (exact) mass is 483 g/mol. The van der Waals surface area contributed by atoms with Gasteiger partial charge in [0.15, 0.2) is 6.61 Å². The van der Waals surface area contributed by atoms with Crippen LogP contribution in [0.4, 0.5) is 17.1 Å². The first-order chi connectivity index (χ1) is 16.0. The molecule has 0 radical (unpaired) electrons. The highest BCUT2D eigenvalue weighted by atomic mass is 32.2. The highest BCUT2D eigenvalue weighted by Gasteiger charge is 2.18. The third kappa shape index (κ3) is 6.17. The van der Waals surface area contributed by atoms with E-state index >= 15 is 0 Å². The number of amides is 1. The molecule has 0 aliphatic carbocycles. The fourth-order valence-corrected chi connectivity index (χ4v) is 3.96. The largest absolute Gasteiger partial charge is 0.452 e. The summed E-state index contributed by atoms with van der Waals surface area (Å²) in [5.41, 5.74) is 1.76. The molecule has 0 spiro atoms. The minimum Gasteiger partial charge on any atom is -0.452 e. The van der Waals surface area contributed by atoms with Crippen LogP contribution in [-0.4, -0.2) is 31.8 Å². The van der Waals surface area contributed by atoms with Crippen LogP contribution >= 0.6 is 0 Å². The summed E-state index contributed by atoms with van der Waals surface area (Å²) in [5, 5.41) is 13.5. The van der Waals surface area contributed by atoms with Crippen molar-refractivity contribution in [1.29, 1.82) is 0 Å². The second-order valence-electron chi connectivity index (χ2n) is 7.40. The average Bonchev–Trinajstić information content (AvgIpc) is 2.80. The number of hydrogen-bond donors (Lipinski definition) is 2. The maximum atomic E-state index is 12.5. The van der Waals surface area contributed by atoms with Gasteiger partial charge in [-0.25, -0.2) is 13.2 Å². The number of rotatable bonds is 8. The Kier molecular flexibility index (Phi) is 7.27. The topological polar surface area (TPSA) is 145 Å². The van der Waals surface area contributed by atoms with Gasteiger partial charge in [-0.15, -0.1) is 0 Å². The van der Waals surface area contributed by atoms with E-state index < -0.39 is 33.4 Å². The standard InChI is InChI=1S/C23H21N3O7S/c1-15-3-8-18(9-4-15)25-34(31,32)19-10-6-17(7-11-19)23(28)33-14-22(27)24-20-12-5-16(2)13-21(20)26(29)30/h3-13,25H,14H2,1-2H3,(H,24,27). The van der Waals surface area contributed by atoms with E-state index in [2.05, 4.69) is 10.0 Å². The molecule has 34 heavy (non-hydrogen) atoms. The summed E-state index contributed by atoms with van der Waals surface area (Å²) in [6.07, 6.45) is 0. The number of benzene rings is 3. The van der Waals surface area contributed by atoms with Crippen molar-refractivity contribution in [2.45, 2.75) is 18.7 Å². The van der Waals surface area contributed by atoms with E-state index in [-0.39, 0.29) is 21.8 Å². The van der Waals surface area contributed by atoms with Gasteiger partial charge in [-0.05, 0) is 61.9 Å². The maximum absolute atomic E-state index is 12.5. The highest BCUT2D eigenvalue weighted by molar-refractivity contribution is 7.92. The number of ether oxygens (including phenoxy) is 1. The molecule has 3 aromatic rings. The molecule has 0 unspecified atom stereocenters. The normalized spacial score (nSPS) is 10.9. The quantitative estimate of drug-likeness (QED) is 0.281. The van der Waals surface area contributed by atoms with E-state index in [1.165, 1.54) is 36.4 Å². The lowest BCUT2D eigenvalue weighted by Crippen LogP contribution is -2.21. The van der Waals surface area contributed by atoms with Crippen molar-refractivity contribution in [2.75, 3.05) is 16.6 Å². The summed E-state index contributed by atoms with van der Waals surface area (Å²) >= 11 is 0. The molecule has 3 aromatic carbocycles. The number of carbonyl (C=O) groups is 2.